The Bertz CT molecular complexity index is 5290. The van der Waals surface area contributed by atoms with Crippen molar-refractivity contribution in [2.45, 2.75) is 310 Å². The molecule has 14 N–H and O–H groups in total. The Kier molecular flexibility index (Phi) is 36.4. The van der Waals surface area contributed by atoms with Crippen LogP contribution in [0, 0.1) is 65.9 Å². The molecular weight excluding hydrogens is 1810 g/mol. The van der Waals surface area contributed by atoms with Crippen LogP contribution in [0.1, 0.15) is 208 Å². The molecule has 1 saturated carbocycles. The number of carbonyl (C=O) groups is 6. The number of aliphatic hydroxyl groups excluding tert-OH is 5. The number of phenolic OH excluding ortho intramolecular Hbond substituents is 3. The van der Waals surface area contributed by atoms with E-state index in [0.29, 0.717) is 32.6 Å². The van der Waals surface area contributed by atoms with Crippen LogP contribution in [0.4, 0.5) is 25.8 Å². The van der Waals surface area contributed by atoms with E-state index in [-0.39, 0.29) is 111 Å². The lowest BCUT2D eigenvalue weighted by Crippen LogP contribution is -2.61. The molecule has 5 saturated heterocycles. The summed E-state index contributed by atoms with van der Waals surface area (Å²) in [6.07, 6.45) is -1.26. The lowest BCUT2D eigenvalue weighted by atomic mass is 9.74. The number of cyclic esters (lactones) is 1. The van der Waals surface area contributed by atoms with Crippen molar-refractivity contribution in [1.29, 1.82) is 0 Å². The van der Waals surface area contributed by atoms with E-state index in [1.807, 2.05) is 53.7 Å². The fraction of sp³-hybridized carbons (Fsp3) is 0.680. The van der Waals surface area contributed by atoms with E-state index in [9.17, 15) is 84.6 Å². The first-order valence-corrected chi connectivity index (χ1v) is 48.0. The van der Waals surface area contributed by atoms with E-state index in [2.05, 4.69) is 20.6 Å². The number of carboxylic acid groups (broad SMARTS) is 1. The number of allylic oxidation sites excluding steroid dienone is 2. The van der Waals surface area contributed by atoms with Gasteiger partial charge in [0.1, 0.15) is 64.3 Å². The van der Waals surface area contributed by atoms with Crippen LogP contribution in [0.25, 0.3) is 21.7 Å². The van der Waals surface area contributed by atoms with Gasteiger partial charge in [-0.25, -0.2) is 13.6 Å². The van der Waals surface area contributed by atoms with Crippen molar-refractivity contribution in [3.63, 3.8) is 0 Å². The normalized spacial score (nSPS) is 36.5. The zero-order valence-electron chi connectivity index (χ0n) is 84.9. The Hall–Kier alpha value is -9.14. The Morgan fingerprint density at radius 2 is 1.37 bits per heavy atom. The molecule has 5 bridgehead atoms. The fourth-order valence-corrected chi connectivity index (χ4v) is 20.6. The van der Waals surface area contributed by atoms with Gasteiger partial charge >= 0.3 is 23.7 Å². The van der Waals surface area contributed by atoms with Gasteiger partial charge in [0.15, 0.2) is 30.0 Å². The van der Waals surface area contributed by atoms with Crippen LogP contribution in [0.15, 0.2) is 52.2 Å². The third kappa shape index (κ3) is 23.5. The molecule has 0 unspecified atom stereocenters. The van der Waals surface area contributed by atoms with Crippen LogP contribution >= 0.6 is 0 Å². The highest BCUT2D eigenvalue weighted by Crippen LogP contribution is 2.56. The number of aliphatic hydroxyl groups is 6. The summed E-state index contributed by atoms with van der Waals surface area (Å²) in [6.45, 7) is 36.7. The largest absolute Gasteiger partial charge is 0.507 e. The van der Waals surface area contributed by atoms with Crippen LogP contribution in [-0.2, 0) is 66.5 Å². The van der Waals surface area contributed by atoms with Gasteiger partial charge in [0.2, 0.25) is 5.43 Å². The summed E-state index contributed by atoms with van der Waals surface area (Å²) in [4.78, 5) is 98.4. The number of ether oxygens (including phenoxy) is 11. The molecule has 776 valence electrons. The number of carbonyl (C=O) groups excluding carboxylic acids is 5. The van der Waals surface area contributed by atoms with Crippen molar-refractivity contribution < 1.29 is 141 Å². The van der Waals surface area contributed by atoms with Crippen molar-refractivity contribution in [1.82, 2.24) is 24.7 Å². The summed E-state index contributed by atoms with van der Waals surface area (Å²) in [5, 5.41) is 125. The molecule has 1 aliphatic carbocycles. The highest BCUT2D eigenvalue weighted by atomic mass is 19.1. The molecule has 8 aliphatic heterocycles. The van der Waals surface area contributed by atoms with Gasteiger partial charge in [-0.05, 0) is 129 Å². The number of hydrogen-bond donors (Lipinski definition) is 13. The van der Waals surface area contributed by atoms with Crippen molar-refractivity contribution >= 4 is 80.3 Å². The number of Topliss-reactive ketones (excluding diaryl/α,β-unsaturated/α-hetero) is 2. The van der Waals surface area contributed by atoms with Crippen LogP contribution in [0.5, 0.6) is 23.0 Å². The molecule has 0 radical (unpaired) electrons. The minimum absolute atomic E-state index is 0.0134. The second-order valence-corrected chi connectivity index (χ2v) is 40.6. The number of anilines is 3. The zero-order chi connectivity index (χ0) is 104. The number of halogens is 2. The molecule has 1 aromatic heterocycles. The van der Waals surface area contributed by atoms with Crippen LogP contribution < -0.4 is 31.4 Å². The number of nitrogen functional groups attached to an aromatic ring is 1. The number of fused-ring (bicyclic) bond motifs is 15. The molecular formula is C100H149F2N9O28. The van der Waals surface area contributed by atoms with E-state index < -0.39 is 230 Å². The number of nitrogens with one attached hydrogen (secondary N) is 2. The molecule has 3 aromatic carbocycles. The van der Waals surface area contributed by atoms with Gasteiger partial charge in [-0.15, -0.1) is 0 Å². The molecule has 29 atom stereocenters. The molecule has 9 aliphatic rings. The number of rotatable bonds is 15. The molecule has 1 amide bonds. The van der Waals surface area contributed by atoms with Crippen molar-refractivity contribution in [3.8, 4) is 23.0 Å². The van der Waals surface area contributed by atoms with Gasteiger partial charge in [0, 0.05) is 169 Å². The number of pyridine rings is 1. The van der Waals surface area contributed by atoms with Gasteiger partial charge in [-0.1, -0.05) is 73.6 Å². The molecule has 139 heavy (non-hydrogen) atoms. The smallest absolute Gasteiger partial charge is 0.341 e. The van der Waals surface area contributed by atoms with Crippen LogP contribution in [0.3, 0.4) is 0 Å². The summed E-state index contributed by atoms with van der Waals surface area (Å²) in [6, 6.07) is -0.387. The number of hydrogen-bond acceptors (Lipinski definition) is 34. The summed E-state index contributed by atoms with van der Waals surface area (Å²) in [7, 11) is 10.2. The Morgan fingerprint density at radius 3 is 1.94 bits per heavy atom. The van der Waals surface area contributed by atoms with E-state index in [1.165, 1.54) is 85.1 Å². The first-order valence-electron chi connectivity index (χ1n) is 48.0. The molecule has 9 heterocycles. The number of hydrazone groups is 1. The van der Waals surface area contributed by atoms with Crippen LogP contribution in [-0.4, -0.2) is 320 Å². The number of likely N-dealkylation sites (N-methyl/N-ethyl adjacent to an activating group) is 2. The number of nitrogens with two attached hydrogens (primary N) is 1. The third-order valence-corrected chi connectivity index (χ3v) is 29.5. The number of aromatic hydroxyl groups is 3. The number of phenols is 3. The lowest BCUT2D eigenvalue weighted by molar-refractivity contribution is -0.319. The zero-order valence-corrected chi connectivity index (χ0v) is 84.9. The minimum atomic E-state index is -2.04. The molecule has 37 nitrogen and oxygen atoms in total. The van der Waals surface area contributed by atoms with Gasteiger partial charge in [0.25, 0.3) is 11.7 Å². The maximum absolute atomic E-state index is 15.6. The Balaban J connectivity index is 0.000000227. The molecule has 39 heteroatoms. The fourth-order valence-electron chi connectivity index (χ4n) is 20.6. The lowest BCUT2D eigenvalue weighted by Gasteiger charge is -2.50. The number of methoxy groups -OCH3 is 3. The highest BCUT2D eigenvalue weighted by Gasteiger charge is 2.56. The van der Waals surface area contributed by atoms with Gasteiger partial charge in [0.05, 0.1) is 117 Å². The molecule has 0 spiro atoms. The number of aromatic nitrogens is 1. The van der Waals surface area contributed by atoms with Crippen molar-refractivity contribution in [3.05, 3.63) is 86.4 Å². The third-order valence-electron chi connectivity index (χ3n) is 29.5. The maximum atomic E-state index is 15.6. The minimum Gasteiger partial charge on any atom is -0.507 e. The summed E-state index contributed by atoms with van der Waals surface area (Å²) < 4.78 is 99.7. The summed E-state index contributed by atoms with van der Waals surface area (Å²) in [5.74, 6) is -16.2. The average molecular weight is 1960 g/mol. The Labute approximate surface area is 811 Å². The number of esters is 2. The number of amides is 1. The second-order valence-electron chi connectivity index (χ2n) is 40.6. The predicted octanol–water partition coefficient (Wildman–Crippen LogP) is 8.86. The van der Waals surface area contributed by atoms with Crippen molar-refractivity contribution in [2.75, 3.05) is 97.7 Å². The number of piperazine rings is 2. The molecule has 13 rings (SSSR count). The van der Waals surface area contributed by atoms with E-state index in [1.54, 1.807) is 98.2 Å². The number of nitrogens with zero attached hydrogens (tertiary/aromatic N) is 6. The maximum Gasteiger partial charge on any atom is 0.341 e. The predicted molar refractivity (Wildman–Crippen MR) is 514 cm³/mol. The first kappa shape index (κ1) is 112. The quantitative estimate of drug-likeness (QED) is 0.0174. The van der Waals surface area contributed by atoms with Crippen molar-refractivity contribution in [2.24, 2.45) is 52.4 Å². The number of aromatic carboxylic acids is 1. The van der Waals surface area contributed by atoms with Gasteiger partial charge in [-0.2, -0.15) is 5.10 Å². The van der Waals surface area contributed by atoms with E-state index in [4.69, 9.17) is 57.8 Å². The Morgan fingerprint density at radius 1 is 0.741 bits per heavy atom. The van der Waals surface area contributed by atoms with E-state index >= 15 is 8.78 Å². The van der Waals surface area contributed by atoms with E-state index in [0.717, 1.165) is 32.1 Å². The first-order chi connectivity index (χ1) is 64.9. The van der Waals surface area contributed by atoms with Gasteiger partial charge < -0.3 is 139 Å². The van der Waals surface area contributed by atoms with Gasteiger partial charge in [-0.3, -0.25) is 33.8 Å². The second kappa shape index (κ2) is 45.2. The standard InChI is InChI=1S/C43H58N4O12.C38H69NO13.C19H22F2N4O3/c1-21-12-11-13-22(2)42(55)45-33-28(20-44-47-17-15-46(9)16-18-47)37(52)30-31(38(33)53)36(51)26(6)40-32(30)41(54)43(8,59-40)57-19-14-29(56-10)23(3)39(58-27(7)48)25(5)35(50)24(4)34(21)49;1-15-26-38(10,45)31(42)21(4)28(40)19(2)17-37(9,47-14)33(52-35-29(41)25(39(11)12)16-20(3)48-35)22(5)30(23(6)34(44)50-26)51-27-18-36(8,46-13)32(43)24(7)49-27;1-8-5-24(6-9(2)23-8)17-13(20)15(22)12-16(14(17)21)25(10-3-4-10)7-11(18(12)26)19(27)28/h11-14,19-21,23-25,29,34-35,39,49-53H,15-18H2,1-10H3,(H,45,55);19-27,29-33,35,41-43,45H,15-18H2,1-14H3;7-10,23H,3-6,22H2,1-2H3,(H,27,28)/b12-11+,19-14+,22-13-,44-20-;;/t21-,23-,24-,25+,29+,34-,35+,39-,43+;19-,20-,21+,22+,23-,24+,25+,26-,27+,29-,30+,31-,32+,33-,35+,36-,37-,38-;8-,9+/m11./s1. The number of benzene rings is 3. The topological polar surface area (TPSA) is 504 Å². The number of carboxylic acids is 1. The SMILES string of the molecule is CC[C@H]1OC(=O)[C@H](C)[C@@H](O[C@H]2C[C@@](C)(OC)[C@@H](O)[C@H](C)O2)[C@H](C)[C@@H](O[C@@H]2O[C@H](C)C[C@H](N(C)C)[C@H]2O)[C@](C)(OC)C[C@@H](C)C(=O)[C@H](C)[C@@H](O)[C@]1(C)O.CO[C@H]1/C=C/O[C@@]2(C)Oc3c(C)c(O)c4c(O)c(c(/C=N\N5CCN(C)CC5)c(O)c4c3C2=O)NC(=O)/C(C)=C\C=C\[C@@H](C)[C@@H](O)[C@@H](C)[C@H](O)[C@H](C)[C@H](OC(C)=O)[C@@H]1C.C[C@@H]1CN(c2c(F)c(N)c3c(=O)c(C(=O)O)cn(C4CC4)c3c2F)C[C@H](C)N1. The average Bonchev–Trinajstić information content (AvgIpc) is 1.56. The van der Waals surface area contributed by atoms with Crippen LogP contribution in [0.2, 0.25) is 0 Å². The molecule has 6 fully saturated rings. The number of ketones is 2. The molecule has 4 aromatic rings. The monoisotopic (exact) mass is 1960 g/mol. The summed E-state index contributed by atoms with van der Waals surface area (Å²) >= 11 is 0. The summed E-state index contributed by atoms with van der Waals surface area (Å²) in [5.41, 5.74) is -1.06. The highest BCUT2D eigenvalue weighted by molar-refractivity contribution is 6.24.